The molecule has 2 heterocycles. The number of hydrogen-bond donors (Lipinski definition) is 0. The first-order valence-corrected chi connectivity index (χ1v) is 9.62. The monoisotopic (exact) mass is 389 g/mol. The molecule has 1 saturated heterocycles. The lowest BCUT2D eigenvalue weighted by atomic mass is 10.2. The third kappa shape index (κ3) is 2.79. The van der Waals surface area contributed by atoms with Crippen molar-refractivity contribution in [2.24, 2.45) is 0 Å². The van der Waals surface area contributed by atoms with E-state index in [0.717, 1.165) is 23.8 Å². The number of nitrogens with zero attached hydrogens (tertiary/aromatic N) is 1. The standard InChI is InChI=1S/C14H13BrFNO2S2/c15-11-6-5-10(9-12(11)16)21(18,19)17-7-1-3-13(17)14-4-2-8-20-14/h2,4-6,8-9,13H,1,3,7H2. The molecular weight excluding hydrogens is 377 g/mol. The molecule has 1 aliphatic rings. The van der Waals surface area contributed by atoms with Crippen molar-refractivity contribution in [3.63, 3.8) is 0 Å². The minimum atomic E-state index is -3.67. The Bertz CT molecular complexity index is 746. The summed E-state index contributed by atoms with van der Waals surface area (Å²) < 4.78 is 40.9. The Morgan fingerprint density at radius 1 is 1.33 bits per heavy atom. The predicted molar refractivity (Wildman–Crippen MR) is 84.3 cm³/mol. The summed E-state index contributed by atoms with van der Waals surface area (Å²) in [5.41, 5.74) is 0. The van der Waals surface area contributed by atoms with Crippen LogP contribution in [0.25, 0.3) is 0 Å². The summed E-state index contributed by atoms with van der Waals surface area (Å²) in [5.74, 6) is -0.567. The van der Waals surface area contributed by atoms with Crippen LogP contribution in [-0.4, -0.2) is 19.3 Å². The number of sulfonamides is 1. The number of halogens is 2. The van der Waals surface area contributed by atoms with Crippen molar-refractivity contribution in [3.8, 4) is 0 Å². The van der Waals surface area contributed by atoms with E-state index >= 15 is 0 Å². The van der Waals surface area contributed by atoms with Crippen molar-refractivity contribution in [2.45, 2.75) is 23.8 Å². The molecule has 2 aromatic rings. The second kappa shape index (κ2) is 5.79. The molecular formula is C14H13BrFNO2S2. The third-order valence-corrected chi connectivity index (χ3v) is 7.09. The number of rotatable bonds is 3. The maximum absolute atomic E-state index is 13.6. The zero-order chi connectivity index (χ0) is 15.0. The lowest BCUT2D eigenvalue weighted by Gasteiger charge is -2.23. The first-order chi connectivity index (χ1) is 10.00. The minimum absolute atomic E-state index is 0.00616. The second-order valence-corrected chi connectivity index (χ2v) is 8.59. The lowest BCUT2D eigenvalue weighted by molar-refractivity contribution is 0.400. The summed E-state index contributed by atoms with van der Waals surface area (Å²) in [4.78, 5) is 1.04. The van der Waals surface area contributed by atoms with E-state index in [1.165, 1.54) is 16.4 Å². The SMILES string of the molecule is O=S(=O)(c1ccc(Br)c(F)c1)N1CCCC1c1cccs1. The van der Waals surface area contributed by atoms with E-state index in [9.17, 15) is 12.8 Å². The highest BCUT2D eigenvalue weighted by atomic mass is 79.9. The fraction of sp³-hybridized carbons (Fsp3) is 0.286. The van der Waals surface area contributed by atoms with E-state index in [2.05, 4.69) is 15.9 Å². The van der Waals surface area contributed by atoms with Gasteiger partial charge in [-0.2, -0.15) is 4.31 Å². The summed E-state index contributed by atoms with van der Waals surface area (Å²) in [6, 6.07) is 7.67. The minimum Gasteiger partial charge on any atom is -0.207 e. The molecule has 0 amide bonds. The van der Waals surface area contributed by atoms with Crippen molar-refractivity contribution in [3.05, 3.63) is 50.9 Å². The second-order valence-electron chi connectivity index (χ2n) is 4.87. The van der Waals surface area contributed by atoms with E-state index in [-0.39, 0.29) is 15.4 Å². The van der Waals surface area contributed by atoms with Gasteiger partial charge in [0.15, 0.2) is 0 Å². The average molecular weight is 390 g/mol. The molecule has 0 bridgehead atoms. The average Bonchev–Trinajstić information content (AvgIpc) is 3.11. The van der Waals surface area contributed by atoms with Crippen LogP contribution in [0.5, 0.6) is 0 Å². The van der Waals surface area contributed by atoms with E-state index < -0.39 is 15.8 Å². The number of thiophene rings is 1. The summed E-state index contributed by atoms with van der Waals surface area (Å²) in [6.45, 7) is 0.475. The molecule has 0 saturated carbocycles. The Morgan fingerprint density at radius 3 is 2.81 bits per heavy atom. The normalized spacial score (nSPS) is 20.0. The van der Waals surface area contributed by atoms with Crippen LogP contribution >= 0.6 is 27.3 Å². The largest absolute Gasteiger partial charge is 0.243 e. The molecule has 1 atom stereocenters. The first kappa shape index (κ1) is 15.1. The van der Waals surface area contributed by atoms with Crippen LogP contribution < -0.4 is 0 Å². The molecule has 0 aliphatic carbocycles. The van der Waals surface area contributed by atoms with Crippen LogP contribution in [0.15, 0.2) is 45.1 Å². The van der Waals surface area contributed by atoms with Gasteiger partial charge < -0.3 is 0 Å². The molecule has 0 radical (unpaired) electrons. The lowest BCUT2D eigenvalue weighted by Crippen LogP contribution is -2.30. The molecule has 0 spiro atoms. The molecule has 1 unspecified atom stereocenters. The molecule has 3 nitrogen and oxygen atoms in total. The fourth-order valence-electron chi connectivity index (χ4n) is 2.57. The maximum Gasteiger partial charge on any atom is 0.243 e. The Labute approximate surface area is 135 Å². The predicted octanol–water partition coefficient (Wildman–Crippen LogP) is 4.18. The van der Waals surface area contributed by atoms with Crippen LogP contribution in [0, 0.1) is 5.82 Å². The van der Waals surface area contributed by atoms with E-state index in [0.29, 0.717) is 6.54 Å². The zero-order valence-electron chi connectivity index (χ0n) is 11.0. The zero-order valence-corrected chi connectivity index (χ0v) is 14.2. The Balaban J connectivity index is 1.99. The number of hydrogen-bond acceptors (Lipinski definition) is 3. The summed E-state index contributed by atoms with van der Waals surface area (Å²) in [6.07, 6.45) is 1.62. The van der Waals surface area contributed by atoms with Crippen LogP contribution in [0.3, 0.4) is 0 Å². The molecule has 1 aromatic heterocycles. The van der Waals surface area contributed by atoms with Crippen LogP contribution in [0.1, 0.15) is 23.8 Å². The quantitative estimate of drug-likeness (QED) is 0.789. The summed E-state index contributed by atoms with van der Waals surface area (Å²) in [5, 5.41) is 1.94. The van der Waals surface area contributed by atoms with E-state index in [1.54, 1.807) is 11.3 Å². The molecule has 7 heteroatoms. The van der Waals surface area contributed by atoms with Gasteiger partial charge in [-0.05, 0) is 58.4 Å². The molecule has 1 aliphatic heterocycles. The van der Waals surface area contributed by atoms with Crippen LogP contribution in [-0.2, 0) is 10.0 Å². The Morgan fingerprint density at radius 2 is 2.14 bits per heavy atom. The molecule has 112 valence electrons. The number of benzene rings is 1. The van der Waals surface area contributed by atoms with Gasteiger partial charge in [0.2, 0.25) is 10.0 Å². The maximum atomic E-state index is 13.6. The van der Waals surface area contributed by atoms with Crippen LogP contribution in [0.4, 0.5) is 4.39 Å². The van der Waals surface area contributed by atoms with Gasteiger partial charge in [-0.3, -0.25) is 0 Å². The topological polar surface area (TPSA) is 37.4 Å². The highest BCUT2D eigenvalue weighted by molar-refractivity contribution is 9.10. The van der Waals surface area contributed by atoms with Crippen molar-refractivity contribution in [2.75, 3.05) is 6.54 Å². The Kier molecular flexibility index (Phi) is 4.18. The van der Waals surface area contributed by atoms with Crippen molar-refractivity contribution in [1.29, 1.82) is 0 Å². The highest BCUT2D eigenvalue weighted by Gasteiger charge is 2.36. The van der Waals surface area contributed by atoms with Gasteiger partial charge in [0.05, 0.1) is 15.4 Å². The molecule has 1 fully saturated rings. The molecule has 0 N–H and O–H groups in total. The first-order valence-electron chi connectivity index (χ1n) is 6.50. The summed E-state index contributed by atoms with van der Waals surface area (Å²) >= 11 is 4.59. The van der Waals surface area contributed by atoms with Gasteiger partial charge in [0.1, 0.15) is 5.82 Å². The third-order valence-electron chi connectivity index (χ3n) is 3.57. The van der Waals surface area contributed by atoms with Gasteiger partial charge >= 0.3 is 0 Å². The van der Waals surface area contributed by atoms with Crippen molar-refractivity contribution < 1.29 is 12.8 Å². The molecule has 21 heavy (non-hydrogen) atoms. The van der Waals surface area contributed by atoms with Crippen molar-refractivity contribution in [1.82, 2.24) is 4.31 Å². The van der Waals surface area contributed by atoms with Gasteiger partial charge in [-0.1, -0.05) is 6.07 Å². The Hall–Kier alpha value is -0.760. The highest BCUT2D eigenvalue weighted by Crippen LogP contribution is 2.38. The van der Waals surface area contributed by atoms with Gasteiger partial charge in [-0.25, -0.2) is 12.8 Å². The van der Waals surface area contributed by atoms with E-state index in [1.807, 2.05) is 17.5 Å². The molecule has 3 rings (SSSR count). The molecule has 1 aromatic carbocycles. The van der Waals surface area contributed by atoms with Gasteiger partial charge in [-0.15, -0.1) is 11.3 Å². The fourth-order valence-corrected chi connectivity index (χ4v) is 5.44. The van der Waals surface area contributed by atoms with Crippen molar-refractivity contribution >= 4 is 37.3 Å². The smallest absolute Gasteiger partial charge is 0.207 e. The summed E-state index contributed by atoms with van der Waals surface area (Å²) in [7, 11) is -3.67. The van der Waals surface area contributed by atoms with Gasteiger partial charge in [0.25, 0.3) is 0 Å². The van der Waals surface area contributed by atoms with Gasteiger partial charge in [0, 0.05) is 11.4 Å². The van der Waals surface area contributed by atoms with Crippen LogP contribution in [0.2, 0.25) is 0 Å². The van der Waals surface area contributed by atoms with E-state index in [4.69, 9.17) is 0 Å².